The van der Waals surface area contributed by atoms with Crippen molar-refractivity contribution in [3.8, 4) is 0 Å². The summed E-state index contributed by atoms with van der Waals surface area (Å²) in [5.41, 5.74) is 1.10. The standard InChI is InChI=1S/C12H15F2NOS/c13-12(14)8-17-10-3-1-9(2-4-10)11-7-15-5-6-16-11/h1-4,11-12,15H,5-8H2. The number of halogens is 2. The predicted molar refractivity (Wildman–Crippen MR) is 64.7 cm³/mol. The van der Waals surface area contributed by atoms with E-state index in [0.717, 1.165) is 23.5 Å². The summed E-state index contributed by atoms with van der Waals surface area (Å²) in [6, 6.07) is 7.65. The van der Waals surface area contributed by atoms with Gasteiger partial charge in [0.25, 0.3) is 0 Å². The molecule has 0 bridgehead atoms. The highest BCUT2D eigenvalue weighted by molar-refractivity contribution is 7.99. The number of nitrogens with one attached hydrogen (secondary N) is 1. The van der Waals surface area contributed by atoms with Gasteiger partial charge in [0.15, 0.2) is 0 Å². The topological polar surface area (TPSA) is 21.3 Å². The van der Waals surface area contributed by atoms with Gasteiger partial charge in [-0.1, -0.05) is 12.1 Å². The molecule has 0 aliphatic carbocycles. The summed E-state index contributed by atoms with van der Waals surface area (Å²) in [6.07, 6.45) is -2.18. The molecule has 17 heavy (non-hydrogen) atoms. The smallest absolute Gasteiger partial charge is 0.247 e. The average molecular weight is 259 g/mol. The van der Waals surface area contributed by atoms with Crippen LogP contribution in [-0.4, -0.2) is 31.9 Å². The SMILES string of the molecule is FC(F)CSc1ccc(C2CNCCO2)cc1. The molecule has 0 radical (unpaired) electrons. The Labute approximate surface area is 104 Å². The second-order valence-electron chi connectivity index (χ2n) is 3.83. The van der Waals surface area contributed by atoms with Gasteiger partial charge in [-0.2, -0.15) is 0 Å². The van der Waals surface area contributed by atoms with Gasteiger partial charge in [-0.15, -0.1) is 11.8 Å². The van der Waals surface area contributed by atoms with Crippen LogP contribution in [-0.2, 0) is 4.74 Å². The van der Waals surface area contributed by atoms with Crippen molar-refractivity contribution in [3.05, 3.63) is 29.8 Å². The maximum atomic E-state index is 12.0. The van der Waals surface area contributed by atoms with Gasteiger partial charge in [-0.25, -0.2) is 8.78 Å². The van der Waals surface area contributed by atoms with Gasteiger partial charge in [-0.05, 0) is 17.7 Å². The van der Waals surface area contributed by atoms with Crippen LogP contribution in [0.4, 0.5) is 8.78 Å². The van der Waals surface area contributed by atoms with Gasteiger partial charge in [0.1, 0.15) is 0 Å². The van der Waals surface area contributed by atoms with Crippen LogP contribution in [0.15, 0.2) is 29.2 Å². The Balaban J connectivity index is 1.92. The Hall–Kier alpha value is -0.650. The Bertz CT molecular complexity index is 339. The molecule has 0 spiro atoms. The highest BCUT2D eigenvalue weighted by Gasteiger charge is 2.15. The van der Waals surface area contributed by atoms with Gasteiger partial charge < -0.3 is 10.1 Å². The van der Waals surface area contributed by atoms with Crippen LogP contribution < -0.4 is 5.32 Å². The first-order valence-electron chi connectivity index (χ1n) is 5.59. The molecule has 94 valence electrons. The molecule has 1 aliphatic rings. The van der Waals surface area contributed by atoms with E-state index in [0.29, 0.717) is 6.61 Å². The first-order valence-corrected chi connectivity index (χ1v) is 6.57. The fourth-order valence-corrected chi connectivity index (χ4v) is 2.36. The number of rotatable bonds is 4. The van der Waals surface area contributed by atoms with E-state index in [-0.39, 0.29) is 11.9 Å². The van der Waals surface area contributed by atoms with Crippen molar-refractivity contribution < 1.29 is 13.5 Å². The fourth-order valence-electron chi connectivity index (χ4n) is 1.72. The monoisotopic (exact) mass is 259 g/mol. The number of morpholine rings is 1. The number of benzene rings is 1. The number of alkyl halides is 2. The predicted octanol–water partition coefficient (Wildman–Crippen LogP) is 2.70. The van der Waals surface area contributed by atoms with Crippen molar-refractivity contribution >= 4 is 11.8 Å². The highest BCUT2D eigenvalue weighted by Crippen LogP contribution is 2.24. The molecule has 0 saturated carbocycles. The zero-order valence-corrected chi connectivity index (χ0v) is 10.2. The minimum absolute atomic E-state index is 0.0814. The van der Waals surface area contributed by atoms with Gasteiger partial charge in [0.2, 0.25) is 6.43 Å². The van der Waals surface area contributed by atoms with Crippen molar-refractivity contribution in [2.45, 2.75) is 17.4 Å². The summed E-state index contributed by atoms with van der Waals surface area (Å²) in [5.74, 6) is -0.152. The summed E-state index contributed by atoms with van der Waals surface area (Å²) in [4.78, 5) is 0.873. The number of ether oxygens (including phenoxy) is 1. The zero-order chi connectivity index (χ0) is 12.1. The third-order valence-electron chi connectivity index (χ3n) is 2.56. The first kappa shape index (κ1) is 12.8. The van der Waals surface area contributed by atoms with Gasteiger partial charge in [-0.3, -0.25) is 0 Å². The van der Waals surface area contributed by atoms with Crippen LogP contribution in [0.3, 0.4) is 0 Å². The molecule has 0 aromatic heterocycles. The molecule has 2 nitrogen and oxygen atoms in total. The van der Waals surface area contributed by atoms with E-state index >= 15 is 0 Å². The van der Waals surface area contributed by atoms with E-state index in [4.69, 9.17) is 4.74 Å². The Kier molecular flexibility index (Phi) is 4.76. The third kappa shape index (κ3) is 3.94. The van der Waals surface area contributed by atoms with Crippen molar-refractivity contribution in [2.24, 2.45) is 0 Å². The Morgan fingerprint density at radius 2 is 2.12 bits per heavy atom. The lowest BCUT2D eigenvalue weighted by Crippen LogP contribution is -2.33. The second kappa shape index (κ2) is 6.33. The summed E-state index contributed by atoms with van der Waals surface area (Å²) < 4.78 is 29.7. The van der Waals surface area contributed by atoms with E-state index < -0.39 is 6.43 Å². The molecule has 1 aromatic carbocycles. The maximum Gasteiger partial charge on any atom is 0.247 e. The lowest BCUT2D eigenvalue weighted by molar-refractivity contribution is 0.0277. The Morgan fingerprint density at radius 3 is 2.71 bits per heavy atom. The van der Waals surface area contributed by atoms with E-state index in [2.05, 4.69) is 5.32 Å². The second-order valence-corrected chi connectivity index (χ2v) is 4.93. The minimum Gasteiger partial charge on any atom is -0.371 e. The lowest BCUT2D eigenvalue weighted by atomic mass is 10.1. The molecule has 5 heteroatoms. The normalized spacial score (nSPS) is 20.8. The van der Waals surface area contributed by atoms with Crippen molar-refractivity contribution in [2.75, 3.05) is 25.4 Å². The van der Waals surface area contributed by atoms with Gasteiger partial charge in [0, 0.05) is 18.0 Å². The van der Waals surface area contributed by atoms with Crippen LogP contribution in [0.5, 0.6) is 0 Å². The van der Waals surface area contributed by atoms with Crippen molar-refractivity contribution in [1.82, 2.24) is 5.32 Å². The van der Waals surface area contributed by atoms with Crippen LogP contribution in [0.25, 0.3) is 0 Å². The van der Waals surface area contributed by atoms with Crippen LogP contribution in [0.2, 0.25) is 0 Å². The molecule has 1 unspecified atom stereocenters. The summed E-state index contributed by atoms with van der Waals surface area (Å²) >= 11 is 1.18. The van der Waals surface area contributed by atoms with E-state index in [1.54, 1.807) is 0 Å². The largest absolute Gasteiger partial charge is 0.371 e. The average Bonchev–Trinajstić information content (AvgIpc) is 2.38. The third-order valence-corrected chi connectivity index (χ3v) is 3.58. The molecule has 2 rings (SSSR count). The molecule has 1 N–H and O–H groups in total. The number of hydrogen-bond acceptors (Lipinski definition) is 3. The fraction of sp³-hybridized carbons (Fsp3) is 0.500. The lowest BCUT2D eigenvalue weighted by Gasteiger charge is -2.24. The van der Waals surface area contributed by atoms with Crippen molar-refractivity contribution in [3.63, 3.8) is 0 Å². The molecule has 1 heterocycles. The van der Waals surface area contributed by atoms with Gasteiger partial charge in [0.05, 0.1) is 18.5 Å². The van der Waals surface area contributed by atoms with Crippen LogP contribution >= 0.6 is 11.8 Å². The summed E-state index contributed by atoms with van der Waals surface area (Å²) in [7, 11) is 0. The molecular weight excluding hydrogens is 244 g/mol. The van der Waals surface area contributed by atoms with Crippen LogP contribution in [0, 0.1) is 0 Å². The summed E-state index contributed by atoms with van der Waals surface area (Å²) in [6.45, 7) is 2.41. The molecule has 1 saturated heterocycles. The highest BCUT2D eigenvalue weighted by atomic mass is 32.2. The quantitative estimate of drug-likeness (QED) is 0.840. The molecule has 1 aromatic rings. The molecule has 1 fully saturated rings. The van der Waals surface area contributed by atoms with E-state index in [9.17, 15) is 8.78 Å². The number of thioether (sulfide) groups is 1. The zero-order valence-electron chi connectivity index (χ0n) is 9.36. The number of hydrogen-bond donors (Lipinski definition) is 1. The Morgan fingerprint density at radius 1 is 1.35 bits per heavy atom. The molecular formula is C12H15F2NOS. The molecule has 1 atom stereocenters. The van der Waals surface area contributed by atoms with Crippen LogP contribution in [0.1, 0.15) is 11.7 Å². The maximum absolute atomic E-state index is 12.0. The first-order chi connectivity index (χ1) is 8.25. The van der Waals surface area contributed by atoms with E-state index in [1.807, 2.05) is 24.3 Å². The van der Waals surface area contributed by atoms with E-state index in [1.165, 1.54) is 11.8 Å². The van der Waals surface area contributed by atoms with Crippen molar-refractivity contribution in [1.29, 1.82) is 0 Å². The molecule has 0 amide bonds. The van der Waals surface area contributed by atoms with Gasteiger partial charge >= 0.3 is 0 Å². The summed E-state index contributed by atoms with van der Waals surface area (Å²) in [5, 5.41) is 3.26. The molecule has 1 aliphatic heterocycles. The minimum atomic E-state index is -2.26.